The molecule has 0 unspecified atom stereocenters. The molecule has 1 aliphatic carbocycles. The van der Waals surface area contributed by atoms with Gasteiger partial charge in [-0.25, -0.2) is 12.8 Å². The highest BCUT2D eigenvalue weighted by Gasteiger charge is 2.32. The first kappa shape index (κ1) is 21.3. The van der Waals surface area contributed by atoms with E-state index in [1.807, 2.05) is 6.92 Å². The molecule has 1 saturated heterocycles. The fourth-order valence-corrected chi connectivity index (χ4v) is 5.83. The molecule has 1 saturated carbocycles. The van der Waals surface area contributed by atoms with Crippen molar-refractivity contribution in [1.29, 1.82) is 0 Å². The van der Waals surface area contributed by atoms with Crippen LogP contribution >= 0.6 is 11.8 Å². The van der Waals surface area contributed by atoms with Crippen LogP contribution in [0.4, 0.5) is 4.39 Å². The smallest absolute Gasteiger partial charge is 0.243 e. The summed E-state index contributed by atoms with van der Waals surface area (Å²) in [4.78, 5) is 14.4. The Labute approximate surface area is 179 Å². The van der Waals surface area contributed by atoms with Crippen LogP contribution in [0.15, 0.2) is 34.3 Å². The Balaban J connectivity index is 1.32. The Morgan fingerprint density at radius 3 is 2.40 bits per heavy atom. The Bertz CT molecular complexity index is 1010. The molecule has 0 bridgehead atoms. The Morgan fingerprint density at radius 2 is 1.80 bits per heavy atom. The molecule has 1 aromatic heterocycles. The lowest BCUT2D eigenvalue weighted by Gasteiger charge is -2.34. The number of piperazine rings is 1. The Kier molecular flexibility index (Phi) is 6.12. The molecule has 1 aromatic carbocycles. The second-order valence-electron chi connectivity index (χ2n) is 7.39. The zero-order valence-electron chi connectivity index (χ0n) is 16.7. The highest BCUT2D eigenvalue weighted by Crippen LogP contribution is 2.40. The third-order valence-corrected chi connectivity index (χ3v) is 8.24. The van der Waals surface area contributed by atoms with Gasteiger partial charge in [-0.15, -0.1) is 10.2 Å². The number of sulfonamides is 1. The number of thioether (sulfide) groups is 1. The number of rotatable bonds is 7. The summed E-state index contributed by atoms with van der Waals surface area (Å²) in [6.45, 7) is 3.90. The number of hydrogen-bond donors (Lipinski definition) is 0. The SMILES string of the molecule is CCn1c(SCC(=O)N2CCN(S(=O)(=O)c3ccc(F)cc3)CC2)nnc1C1CC1. The van der Waals surface area contributed by atoms with Crippen molar-refractivity contribution in [2.75, 3.05) is 31.9 Å². The molecule has 11 heteroatoms. The van der Waals surface area contributed by atoms with Crippen LogP contribution in [-0.4, -0.2) is 70.2 Å². The third-order valence-electron chi connectivity index (χ3n) is 5.37. The van der Waals surface area contributed by atoms with Crippen molar-refractivity contribution < 1.29 is 17.6 Å². The molecule has 2 fully saturated rings. The number of carbonyl (C=O) groups is 1. The van der Waals surface area contributed by atoms with Crippen LogP contribution in [0.1, 0.15) is 31.5 Å². The standard InChI is InChI=1S/C19H24FN5O3S2/c1-2-25-18(14-3-4-14)21-22-19(25)29-13-17(26)23-9-11-24(12-10-23)30(27,28)16-7-5-15(20)6-8-16/h5-8,14H,2-4,9-13H2,1H3. The molecule has 162 valence electrons. The van der Waals surface area contributed by atoms with Gasteiger partial charge in [0.25, 0.3) is 0 Å². The number of amides is 1. The maximum absolute atomic E-state index is 13.1. The maximum Gasteiger partial charge on any atom is 0.243 e. The van der Waals surface area contributed by atoms with Gasteiger partial charge in [-0.3, -0.25) is 4.79 Å². The van der Waals surface area contributed by atoms with E-state index >= 15 is 0 Å². The third kappa shape index (κ3) is 4.37. The molecule has 4 rings (SSSR count). The lowest BCUT2D eigenvalue weighted by Crippen LogP contribution is -2.50. The van der Waals surface area contributed by atoms with Crippen LogP contribution < -0.4 is 0 Å². The average molecular weight is 454 g/mol. The molecule has 0 N–H and O–H groups in total. The second kappa shape index (κ2) is 8.64. The predicted octanol–water partition coefficient (Wildman–Crippen LogP) is 1.94. The zero-order valence-corrected chi connectivity index (χ0v) is 18.3. The van der Waals surface area contributed by atoms with E-state index in [9.17, 15) is 17.6 Å². The van der Waals surface area contributed by atoms with Crippen LogP contribution in [0.25, 0.3) is 0 Å². The van der Waals surface area contributed by atoms with Gasteiger partial charge < -0.3 is 9.47 Å². The molecule has 1 amide bonds. The molecule has 2 heterocycles. The summed E-state index contributed by atoms with van der Waals surface area (Å²) >= 11 is 1.37. The van der Waals surface area contributed by atoms with Crippen molar-refractivity contribution in [2.24, 2.45) is 0 Å². The first-order chi connectivity index (χ1) is 14.4. The molecule has 2 aromatic rings. The predicted molar refractivity (Wildman–Crippen MR) is 110 cm³/mol. The molecule has 0 radical (unpaired) electrons. The quantitative estimate of drug-likeness (QED) is 0.596. The van der Waals surface area contributed by atoms with Gasteiger partial charge >= 0.3 is 0 Å². The van der Waals surface area contributed by atoms with Gasteiger partial charge in [-0.2, -0.15) is 4.31 Å². The molecule has 8 nitrogen and oxygen atoms in total. The van der Waals surface area contributed by atoms with Crippen LogP contribution in [0.3, 0.4) is 0 Å². The summed E-state index contributed by atoms with van der Waals surface area (Å²) in [5, 5.41) is 9.28. The van der Waals surface area contributed by atoms with E-state index in [4.69, 9.17) is 0 Å². The highest BCUT2D eigenvalue weighted by atomic mass is 32.2. The van der Waals surface area contributed by atoms with Gasteiger partial charge in [-0.1, -0.05) is 11.8 Å². The number of aromatic nitrogens is 3. The number of benzene rings is 1. The van der Waals surface area contributed by atoms with Gasteiger partial charge in [0, 0.05) is 38.6 Å². The first-order valence-corrected chi connectivity index (χ1v) is 12.4. The van der Waals surface area contributed by atoms with Crippen molar-refractivity contribution in [3.8, 4) is 0 Å². The molecule has 1 aliphatic heterocycles. The molecule has 30 heavy (non-hydrogen) atoms. The van der Waals surface area contributed by atoms with E-state index in [2.05, 4.69) is 14.8 Å². The van der Waals surface area contributed by atoms with E-state index in [0.717, 1.165) is 42.5 Å². The minimum atomic E-state index is -3.69. The van der Waals surface area contributed by atoms with Crippen molar-refractivity contribution in [2.45, 2.75) is 42.3 Å². The Hall–Kier alpha value is -1.98. The average Bonchev–Trinajstić information content (AvgIpc) is 3.52. The maximum atomic E-state index is 13.1. The van der Waals surface area contributed by atoms with Crippen LogP contribution in [-0.2, 0) is 21.4 Å². The minimum Gasteiger partial charge on any atom is -0.339 e. The van der Waals surface area contributed by atoms with Gasteiger partial charge in [0.15, 0.2) is 5.16 Å². The van der Waals surface area contributed by atoms with E-state index in [1.165, 1.54) is 28.2 Å². The summed E-state index contributed by atoms with van der Waals surface area (Å²) in [5.74, 6) is 1.22. The summed E-state index contributed by atoms with van der Waals surface area (Å²) in [6, 6.07) is 4.79. The van der Waals surface area contributed by atoms with Gasteiger partial charge in [0.1, 0.15) is 11.6 Å². The number of carbonyl (C=O) groups excluding carboxylic acids is 1. The Morgan fingerprint density at radius 1 is 1.13 bits per heavy atom. The molecule has 2 aliphatic rings. The van der Waals surface area contributed by atoms with Gasteiger partial charge in [0.05, 0.1) is 10.6 Å². The topological polar surface area (TPSA) is 88.4 Å². The number of halogens is 1. The summed E-state index contributed by atoms with van der Waals surface area (Å²) in [6.07, 6.45) is 2.29. The lowest BCUT2D eigenvalue weighted by atomic mass is 10.3. The lowest BCUT2D eigenvalue weighted by molar-refractivity contribution is -0.129. The monoisotopic (exact) mass is 453 g/mol. The largest absolute Gasteiger partial charge is 0.339 e. The number of nitrogens with zero attached hydrogens (tertiary/aromatic N) is 5. The number of hydrogen-bond acceptors (Lipinski definition) is 6. The molecule has 0 atom stereocenters. The fourth-order valence-electron chi connectivity index (χ4n) is 3.50. The van der Waals surface area contributed by atoms with E-state index in [1.54, 1.807) is 4.90 Å². The summed E-state index contributed by atoms with van der Waals surface area (Å²) < 4.78 is 41.9. The van der Waals surface area contributed by atoms with Crippen molar-refractivity contribution >= 4 is 27.7 Å². The van der Waals surface area contributed by atoms with E-state index in [-0.39, 0.29) is 29.6 Å². The molecular formula is C19H24FN5O3S2. The second-order valence-corrected chi connectivity index (χ2v) is 10.3. The van der Waals surface area contributed by atoms with Crippen molar-refractivity contribution in [3.63, 3.8) is 0 Å². The highest BCUT2D eigenvalue weighted by molar-refractivity contribution is 7.99. The van der Waals surface area contributed by atoms with Crippen molar-refractivity contribution in [1.82, 2.24) is 24.0 Å². The van der Waals surface area contributed by atoms with Gasteiger partial charge in [-0.05, 0) is 44.0 Å². The van der Waals surface area contributed by atoms with Crippen LogP contribution in [0.5, 0.6) is 0 Å². The fraction of sp³-hybridized carbons (Fsp3) is 0.526. The van der Waals surface area contributed by atoms with Gasteiger partial charge in [0.2, 0.25) is 15.9 Å². The molecule has 0 spiro atoms. The minimum absolute atomic E-state index is 0.0440. The first-order valence-electron chi connectivity index (χ1n) is 9.99. The normalized spacial score (nSPS) is 18.0. The van der Waals surface area contributed by atoms with Crippen molar-refractivity contribution in [3.05, 3.63) is 35.9 Å². The summed E-state index contributed by atoms with van der Waals surface area (Å²) in [7, 11) is -3.69. The zero-order chi connectivity index (χ0) is 21.3. The summed E-state index contributed by atoms with van der Waals surface area (Å²) in [5.41, 5.74) is 0. The van der Waals surface area contributed by atoms with Crippen LogP contribution in [0, 0.1) is 5.82 Å². The van der Waals surface area contributed by atoms with E-state index in [0.29, 0.717) is 19.0 Å². The van der Waals surface area contributed by atoms with Crippen LogP contribution in [0.2, 0.25) is 0 Å². The molecular weight excluding hydrogens is 429 g/mol. The van der Waals surface area contributed by atoms with E-state index < -0.39 is 15.8 Å².